The Morgan fingerprint density at radius 3 is 2.67 bits per heavy atom. The largest absolute Gasteiger partial charge is 0.468 e. The summed E-state index contributed by atoms with van der Waals surface area (Å²) in [5.74, 6) is 1.76. The standard InChI is InChI=1S/C20H22N4O3/c1-24(2)17(18-11-7-13-26-18)14-22-20(25)23-16-10-6-12-21-19(16)27-15-8-4-3-5-9-15/h3-13,17H,14H2,1-2H3,(H2,22,23,25). The number of benzene rings is 1. The molecule has 0 spiro atoms. The minimum absolute atomic E-state index is 0.0697. The first-order chi connectivity index (χ1) is 13.1. The number of urea groups is 1. The smallest absolute Gasteiger partial charge is 0.319 e. The number of carbonyl (C=O) groups excluding carboxylic acids is 1. The minimum atomic E-state index is -0.348. The van der Waals surface area contributed by atoms with E-state index < -0.39 is 0 Å². The second-order valence-electron chi connectivity index (χ2n) is 6.10. The van der Waals surface area contributed by atoms with Gasteiger partial charge in [-0.05, 0) is 50.5 Å². The summed E-state index contributed by atoms with van der Waals surface area (Å²) in [7, 11) is 3.86. The van der Waals surface area contributed by atoms with Crippen LogP contribution in [-0.2, 0) is 0 Å². The van der Waals surface area contributed by atoms with E-state index >= 15 is 0 Å². The number of aromatic nitrogens is 1. The lowest BCUT2D eigenvalue weighted by Gasteiger charge is -2.22. The summed E-state index contributed by atoms with van der Waals surface area (Å²) in [4.78, 5) is 18.5. The molecule has 2 N–H and O–H groups in total. The van der Waals surface area contributed by atoms with Gasteiger partial charge in [0.1, 0.15) is 17.2 Å². The van der Waals surface area contributed by atoms with E-state index in [1.165, 1.54) is 0 Å². The van der Waals surface area contributed by atoms with Gasteiger partial charge in [-0.25, -0.2) is 9.78 Å². The average Bonchev–Trinajstić information content (AvgIpc) is 3.18. The number of nitrogens with zero attached hydrogens (tertiary/aromatic N) is 2. The molecule has 3 rings (SSSR count). The molecule has 27 heavy (non-hydrogen) atoms. The molecule has 0 aliphatic rings. The number of ether oxygens (including phenoxy) is 1. The van der Waals surface area contributed by atoms with Crippen LogP contribution >= 0.6 is 0 Å². The van der Waals surface area contributed by atoms with Crippen molar-refractivity contribution in [1.29, 1.82) is 0 Å². The molecule has 1 atom stereocenters. The number of amides is 2. The van der Waals surface area contributed by atoms with Crippen LogP contribution in [-0.4, -0.2) is 36.6 Å². The van der Waals surface area contributed by atoms with Crippen LogP contribution in [0.2, 0.25) is 0 Å². The third-order valence-corrected chi connectivity index (χ3v) is 3.93. The SMILES string of the molecule is CN(C)C(CNC(=O)Nc1cccnc1Oc1ccccc1)c1ccco1. The maximum atomic E-state index is 12.4. The third-order valence-electron chi connectivity index (χ3n) is 3.93. The van der Waals surface area contributed by atoms with Gasteiger partial charge in [0.2, 0.25) is 5.88 Å². The number of rotatable bonds is 7. The van der Waals surface area contributed by atoms with Gasteiger partial charge in [0.15, 0.2) is 0 Å². The number of pyridine rings is 1. The van der Waals surface area contributed by atoms with Crippen LogP contribution in [0.4, 0.5) is 10.5 Å². The number of hydrogen-bond donors (Lipinski definition) is 2. The van der Waals surface area contributed by atoms with Crippen LogP contribution in [0.15, 0.2) is 71.5 Å². The van der Waals surface area contributed by atoms with Crippen molar-refractivity contribution in [1.82, 2.24) is 15.2 Å². The molecule has 7 heteroatoms. The summed E-state index contributed by atoms with van der Waals surface area (Å²) in [6, 6.07) is 16.1. The maximum absolute atomic E-state index is 12.4. The number of anilines is 1. The molecule has 0 fully saturated rings. The van der Waals surface area contributed by atoms with Crippen molar-refractivity contribution in [2.75, 3.05) is 26.0 Å². The number of likely N-dealkylation sites (N-methyl/N-ethyl adjacent to an activating group) is 1. The van der Waals surface area contributed by atoms with E-state index in [0.717, 1.165) is 5.76 Å². The summed E-state index contributed by atoms with van der Waals surface area (Å²) in [6.45, 7) is 0.390. The van der Waals surface area contributed by atoms with Crippen molar-refractivity contribution >= 4 is 11.7 Å². The fourth-order valence-electron chi connectivity index (χ4n) is 2.54. The molecule has 0 saturated heterocycles. The summed E-state index contributed by atoms with van der Waals surface area (Å²) < 4.78 is 11.2. The van der Waals surface area contributed by atoms with E-state index in [1.54, 1.807) is 24.6 Å². The van der Waals surface area contributed by atoms with Gasteiger partial charge in [-0.2, -0.15) is 0 Å². The van der Waals surface area contributed by atoms with Crippen molar-refractivity contribution < 1.29 is 13.9 Å². The zero-order valence-electron chi connectivity index (χ0n) is 15.3. The van der Waals surface area contributed by atoms with Gasteiger partial charge in [-0.15, -0.1) is 0 Å². The highest BCUT2D eigenvalue weighted by molar-refractivity contribution is 5.90. The lowest BCUT2D eigenvalue weighted by Crippen LogP contribution is -2.36. The van der Waals surface area contributed by atoms with Gasteiger partial charge in [0.05, 0.1) is 12.3 Å². The van der Waals surface area contributed by atoms with Crippen LogP contribution in [0, 0.1) is 0 Å². The molecule has 0 bridgehead atoms. The van der Waals surface area contributed by atoms with Crippen molar-refractivity contribution in [2.45, 2.75) is 6.04 Å². The number of carbonyl (C=O) groups is 1. The number of furan rings is 1. The van der Waals surface area contributed by atoms with Crippen molar-refractivity contribution in [3.8, 4) is 11.6 Å². The summed E-state index contributed by atoms with van der Waals surface area (Å²) in [5, 5.41) is 5.64. The minimum Gasteiger partial charge on any atom is -0.468 e. The van der Waals surface area contributed by atoms with E-state index in [4.69, 9.17) is 9.15 Å². The highest BCUT2D eigenvalue weighted by atomic mass is 16.5. The predicted molar refractivity (Wildman–Crippen MR) is 103 cm³/mol. The lowest BCUT2D eigenvalue weighted by atomic mass is 10.2. The van der Waals surface area contributed by atoms with Gasteiger partial charge in [0.25, 0.3) is 0 Å². The van der Waals surface area contributed by atoms with Gasteiger partial charge < -0.3 is 19.8 Å². The summed E-state index contributed by atoms with van der Waals surface area (Å²) in [6.07, 6.45) is 3.23. The van der Waals surface area contributed by atoms with Crippen molar-refractivity contribution in [3.05, 3.63) is 72.8 Å². The third kappa shape index (κ3) is 5.08. The molecule has 2 amide bonds. The molecule has 1 aromatic carbocycles. The molecule has 7 nitrogen and oxygen atoms in total. The van der Waals surface area contributed by atoms with Gasteiger partial charge in [-0.3, -0.25) is 4.90 Å². The van der Waals surface area contributed by atoms with E-state index in [2.05, 4.69) is 15.6 Å². The first-order valence-electron chi connectivity index (χ1n) is 8.56. The van der Waals surface area contributed by atoms with Crippen LogP contribution in [0.3, 0.4) is 0 Å². The van der Waals surface area contributed by atoms with Crippen molar-refractivity contribution in [3.63, 3.8) is 0 Å². The van der Waals surface area contributed by atoms with E-state index in [0.29, 0.717) is 23.9 Å². The van der Waals surface area contributed by atoms with Crippen LogP contribution < -0.4 is 15.4 Å². The Kier molecular flexibility index (Phi) is 6.06. The first-order valence-corrected chi connectivity index (χ1v) is 8.56. The van der Waals surface area contributed by atoms with Crippen LogP contribution in [0.5, 0.6) is 11.6 Å². The Labute approximate surface area is 158 Å². The molecule has 2 aromatic heterocycles. The molecule has 0 saturated carbocycles. The molecule has 0 radical (unpaired) electrons. The van der Waals surface area contributed by atoms with Crippen LogP contribution in [0.25, 0.3) is 0 Å². The van der Waals surface area contributed by atoms with Gasteiger partial charge in [-0.1, -0.05) is 18.2 Å². The molecular formula is C20H22N4O3. The maximum Gasteiger partial charge on any atom is 0.319 e. The van der Waals surface area contributed by atoms with Crippen LogP contribution in [0.1, 0.15) is 11.8 Å². The van der Waals surface area contributed by atoms with E-state index in [1.807, 2.05) is 61.5 Å². The normalized spacial score (nSPS) is 11.8. The second-order valence-corrected chi connectivity index (χ2v) is 6.10. The monoisotopic (exact) mass is 366 g/mol. The Balaban J connectivity index is 1.62. The average molecular weight is 366 g/mol. The van der Waals surface area contributed by atoms with E-state index in [-0.39, 0.29) is 12.1 Å². The Morgan fingerprint density at radius 1 is 1.15 bits per heavy atom. The first kappa shape index (κ1) is 18.5. The zero-order chi connectivity index (χ0) is 19.1. The molecule has 1 unspecified atom stereocenters. The molecule has 140 valence electrons. The zero-order valence-corrected chi connectivity index (χ0v) is 15.3. The summed E-state index contributed by atoms with van der Waals surface area (Å²) >= 11 is 0. The Hall–Kier alpha value is -3.32. The Morgan fingerprint density at radius 2 is 1.96 bits per heavy atom. The molecule has 2 heterocycles. The van der Waals surface area contributed by atoms with Gasteiger partial charge >= 0.3 is 6.03 Å². The number of hydrogen-bond acceptors (Lipinski definition) is 5. The lowest BCUT2D eigenvalue weighted by molar-refractivity contribution is 0.233. The fraction of sp³-hybridized carbons (Fsp3) is 0.200. The number of para-hydroxylation sites is 1. The van der Waals surface area contributed by atoms with E-state index in [9.17, 15) is 4.79 Å². The molecule has 0 aliphatic carbocycles. The highest BCUT2D eigenvalue weighted by Gasteiger charge is 2.18. The Bertz CT molecular complexity index is 851. The highest BCUT2D eigenvalue weighted by Crippen LogP contribution is 2.26. The number of nitrogens with one attached hydrogen (secondary N) is 2. The quantitative estimate of drug-likeness (QED) is 0.663. The molecular weight excluding hydrogens is 344 g/mol. The topological polar surface area (TPSA) is 79.6 Å². The second kappa shape index (κ2) is 8.86. The van der Waals surface area contributed by atoms with Crippen molar-refractivity contribution in [2.24, 2.45) is 0 Å². The fourth-order valence-corrected chi connectivity index (χ4v) is 2.54. The molecule has 0 aliphatic heterocycles. The van der Waals surface area contributed by atoms with Gasteiger partial charge in [0, 0.05) is 12.7 Å². The predicted octanol–water partition coefficient (Wildman–Crippen LogP) is 3.89. The molecule has 3 aromatic rings. The summed E-state index contributed by atoms with van der Waals surface area (Å²) in [5.41, 5.74) is 0.484.